The zero-order valence-electron chi connectivity index (χ0n) is 58.6. The van der Waals surface area contributed by atoms with Crippen LogP contribution >= 0.6 is 15.6 Å². The highest BCUT2D eigenvalue weighted by atomic mass is 31.2. The van der Waals surface area contributed by atoms with Gasteiger partial charge in [-0.3, -0.25) is 37.3 Å². The number of aliphatic hydroxyl groups excluding tert-OH is 1. The lowest BCUT2D eigenvalue weighted by molar-refractivity contribution is -0.161. The van der Waals surface area contributed by atoms with E-state index in [-0.39, 0.29) is 25.7 Å². The zero-order chi connectivity index (χ0) is 66.6. The Morgan fingerprint density at radius 2 is 0.567 bits per heavy atom. The van der Waals surface area contributed by atoms with E-state index in [4.69, 9.17) is 37.0 Å². The SMILES string of the molecule is CCCCCCCCCCC(=O)OC[C@H](COP(=O)(O)OC[C@H](O)COP(=O)(O)OC[C@@H](COC(=O)CCCCCCCCCCCCCC(C)C)OC(=O)CCCCCCCCCCCCCC(C)C)OC(=O)CCCCCCCCCCCCC(C)CC. The van der Waals surface area contributed by atoms with Gasteiger partial charge in [-0.1, -0.05) is 305 Å². The monoisotopic (exact) mass is 1320 g/mol. The van der Waals surface area contributed by atoms with Crippen LogP contribution in [0.25, 0.3) is 0 Å². The van der Waals surface area contributed by atoms with Crippen LogP contribution in [0.5, 0.6) is 0 Å². The summed E-state index contributed by atoms with van der Waals surface area (Å²) in [6.07, 6.45) is 45.7. The summed E-state index contributed by atoms with van der Waals surface area (Å²) < 4.78 is 68.3. The van der Waals surface area contributed by atoms with E-state index in [9.17, 15) is 43.2 Å². The molecule has 0 aliphatic rings. The highest BCUT2D eigenvalue weighted by Crippen LogP contribution is 2.45. The zero-order valence-corrected chi connectivity index (χ0v) is 60.4. The Labute approximate surface area is 549 Å². The highest BCUT2D eigenvalue weighted by Gasteiger charge is 2.30. The van der Waals surface area contributed by atoms with Crippen molar-refractivity contribution in [1.29, 1.82) is 0 Å². The van der Waals surface area contributed by atoms with Crippen molar-refractivity contribution < 1.29 is 80.2 Å². The van der Waals surface area contributed by atoms with Crippen molar-refractivity contribution in [2.75, 3.05) is 39.6 Å². The quantitative estimate of drug-likeness (QED) is 0.0222. The van der Waals surface area contributed by atoms with Crippen LogP contribution in [0, 0.1) is 17.8 Å². The van der Waals surface area contributed by atoms with Gasteiger partial charge in [0, 0.05) is 25.7 Å². The number of hydrogen-bond donors (Lipinski definition) is 3. The van der Waals surface area contributed by atoms with Gasteiger partial charge in [0.2, 0.25) is 0 Å². The molecule has 19 heteroatoms. The first-order chi connectivity index (χ1) is 43.3. The summed E-state index contributed by atoms with van der Waals surface area (Å²) in [6.45, 7) is 11.9. The van der Waals surface area contributed by atoms with Crippen molar-refractivity contribution in [3.63, 3.8) is 0 Å². The second kappa shape index (κ2) is 61.9. The molecule has 3 N–H and O–H groups in total. The van der Waals surface area contributed by atoms with Crippen molar-refractivity contribution in [1.82, 2.24) is 0 Å². The number of carbonyl (C=O) groups is 4. The van der Waals surface area contributed by atoms with Gasteiger partial charge in [0.25, 0.3) is 0 Å². The summed E-state index contributed by atoms with van der Waals surface area (Å²) in [4.78, 5) is 72.5. The molecule has 0 aromatic rings. The average molecular weight is 1330 g/mol. The van der Waals surface area contributed by atoms with Crippen LogP contribution in [0.4, 0.5) is 0 Å². The summed E-state index contributed by atoms with van der Waals surface area (Å²) in [5.41, 5.74) is 0. The molecule has 3 unspecified atom stereocenters. The highest BCUT2D eigenvalue weighted by molar-refractivity contribution is 7.47. The van der Waals surface area contributed by atoms with Gasteiger partial charge in [0.15, 0.2) is 12.2 Å². The van der Waals surface area contributed by atoms with Crippen molar-refractivity contribution in [3.8, 4) is 0 Å². The summed E-state index contributed by atoms with van der Waals surface area (Å²) in [5, 5.41) is 10.6. The minimum Gasteiger partial charge on any atom is -0.462 e. The molecule has 0 fully saturated rings. The number of unbranched alkanes of at least 4 members (excludes halogenated alkanes) is 36. The standard InChI is InChI=1S/C71H138O17P2/c1-8-10-11-12-13-31-38-45-52-68(73)81-58-66(87-71(76)55-48-41-34-27-21-20-24-30-37-44-51-64(7)9-2)60-85-89(77,78)83-56-65(72)57-84-90(79,80)86-61-67(88-70(75)54-47-40-33-26-19-15-17-23-29-36-43-50-63(5)6)59-82-69(74)53-46-39-32-25-18-14-16-22-28-35-42-49-62(3)4/h62-67,72H,8-61H2,1-7H3,(H,77,78)(H,79,80)/t64?,65-,66+,67+/m0/s1. The predicted molar refractivity (Wildman–Crippen MR) is 363 cm³/mol. The first-order valence-corrected chi connectivity index (χ1v) is 39.9. The van der Waals surface area contributed by atoms with Gasteiger partial charge in [-0.05, 0) is 43.4 Å². The second-order valence-corrected chi connectivity index (χ2v) is 29.7. The predicted octanol–water partition coefficient (Wildman–Crippen LogP) is 20.2. The molecule has 0 aromatic carbocycles. The molecule has 0 aliphatic heterocycles. The summed E-state index contributed by atoms with van der Waals surface area (Å²) in [7, 11) is -9.90. The summed E-state index contributed by atoms with van der Waals surface area (Å²) >= 11 is 0. The molecule has 0 aromatic heterocycles. The van der Waals surface area contributed by atoms with Gasteiger partial charge in [-0.15, -0.1) is 0 Å². The third-order valence-electron chi connectivity index (χ3n) is 16.7. The maximum atomic E-state index is 13.0. The van der Waals surface area contributed by atoms with Gasteiger partial charge in [-0.2, -0.15) is 0 Å². The fourth-order valence-corrected chi connectivity index (χ4v) is 12.3. The Bertz CT molecular complexity index is 1770. The number of hydrogen-bond acceptors (Lipinski definition) is 15. The molecule has 0 radical (unpaired) electrons. The van der Waals surface area contributed by atoms with Crippen molar-refractivity contribution in [2.45, 2.75) is 375 Å². The third kappa shape index (κ3) is 63.5. The molecule has 0 aliphatic carbocycles. The lowest BCUT2D eigenvalue weighted by Gasteiger charge is -2.21. The lowest BCUT2D eigenvalue weighted by atomic mass is 9.99. The number of phosphoric acid groups is 2. The minimum atomic E-state index is -4.95. The van der Waals surface area contributed by atoms with Crippen LogP contribution in [0.3, 0.4) is 0 Å². The van der Waals surface area contributed by atoms with Crippen LogP contribution < -0.4 is 0 Å². The first-order valence-electron chi connectivity index (χ1n) is 36.9. The summed E-state index contributed by atoms with van der Waals surface area (Å²) in [6, 6.07) is 0. The fraction of sp³-hybridized carbons (Fsp3) is 0.944. The van der Waals surface area contributed by atoms with Gasteiger partial charge >= 0.3 is 39.5 Å². The smallest absolute Gasteiger partial charge is 0.462 e. The Balaban J connectivity index is 5.24. The van der Waals surface area contributed by atoms with E-state index in [0.29, 0.717) is 25.7 Å². The maximum absolute atomic E-state index is 13.0. The first kappa shape index (κ1) is 88.1. The van der Waals surface area contributed by atoms with Crippen molar-refractivity contribution in [3.05, 3.63) is 0 Å². The molecule has 0 amide bonds. The van der Waals surface area contributed by atoms with Gasteiger partial charge in [0.1, 0.15) is 19.3 Å². The molecular formula is C71H138O17P2. The van der Waals surface area contributed by atoms with E-state index in [1.54, 1.807) is 0 Å². The lowest BCUT2D eigenvalue weighted by Crippen LogP contribution is -2.30. The van der Waals surface area contributed by atoms with Crippen LogP contribution in [0.1, 0.15) is 357 Å². The van der Waals surface area contributed by atoms with Crippen LogP contribution in [-0.2, 0) is 65.4 Å². The number of rotatable bonds is 69. The molecule has 6 atom stereocenters. The van der Waals surface area contributed by atoms with Gasteiger partial charge < -0.3 is 33.8 Å². The average Bonchev–Trinajstić information content (AvgIpc) is 3.56. The van der Waals surface area contributed by atoms with E-state index in [1.165, 1.54) is 161 Å². The van der Waals surface area contributed by atoms with E-state index in [0.717, 1.165) is 114 Å². The molecule has 0 saturated heterocycles. The molecule has 0 rings (SSSR count). The molecule has 534 valence electrons. The van der Waals surface area contributed by atoms with E-state index >= 15 is 0 Å². The van der Waals surface area contributed by atoms with E-state index < -0.39 is 97.5 Å². The fourth-order valence-electron chi connectivity index (χ4n) is 10.7. The molecule has 0 bridgehead atoms. The normalized spacial score (nSPS) is 14.5. The molecular weight excluding hydrogens is 1190 g/mol. The number of phosphoric ester groups is 2. The Morgan fingerprint density at radius 1 is 0.322 bits per heavy atom. The van der Waals surface area contributed by atoms with Crippen LogP contribution in [0.2, 0.25) is 0 Å². The van der Waals surface area contributed by atoms with Crippen molar-refractivity contribution in [2.24, 2.45) is 17.8 Å². The Kier molecular flexibility index (Phi) is 60.6. The topological polar surface area (TPSA) is 237 Å². The molecule has 0 saturated carbocycles. The molecule has 90 heavy (non-hydrogen) atoms. The van der Waals surface area contributed by atoms with Gasteiger partial charge in [-0.25, -0.2) is 9.13 Å². The largest absolute Gasteiger partial charge is 0.472 e. The van der Waals surface area contributed by atoms with Crippen molar-refractivity contribution >= 4 is 39.5 Å². The number of carbonyl (C=O) groups excluding carboxylic acids is 4. The molecule has 17 nitrogen and oxygen atoms in total. The van der Waals surface area contributed by atoms with E-state index in [1.807, 2.05) is 0 Å². The summed E-state index contributed by atoms with van der Waals surface area (Å²) in [5.74, 6) is 0.213. The molecule has 0 spiro atoms. The number of esters is 4. The Morgan fingerprint density at radius 3 is 0.844 bits per heavy atom. The molecule has 0 heterocycles. The Hall–Kier alpha value is -1.94. The van der Waals surface area contributed by atoms with E-state index in [2.05, 4.69) is 48.5 Å². The van der Waals surface area contributed by atoms with Crippen LogP contribution in [-0.4, -0.2) is 96.7 Å². The number of ether oxygens (including phenoxy) is 4. The maximum Gasteiger partial charge on any atom is 0.472 e. The van der Waals surface area contributed by atoms with Crippen LogP contribution in [0.15, 0.2) is 0 Å². The third-order valence-corrected chi connectivity index (χ3v) is 18.6. The number of aliphatic hydroxyl groups is 1. The van der Waals surface area contributed by atoms with Gasteiger partial charge in [0.05, 0.1) is 26.4 Å². The second-order valence-electron chi connectivity index (χ2n) is 26.8. The minimum absolute atomic E-state index is 0.106.